The molecular formula is C26H31NO3. The Bertz CT molecular complexity index is 827. The number of para-hydroxylation sites is 2. The van der Waals surface area contributed by atoms with Crippen LogP contribution in [0.25, 0.3) is 0 Å². The van der Waals surface area contributed by atoms with E-state index in [9.17, 15) is 0 Å². The zero-order valence-electron chi connectivity index (χ0n) is 17.8. The first-order chi connectivity index (χ1) is 14.7. The van der Waals surface area contributed by atoms with Crippen molar-refractivity contribution in [3.05, 3.63) is 85.2 Å². The molecular weight excluding hydrogens is 374 g/mol. The van der Waals surface area contributed by atoms with Crippen LogP contribution in [0.2, 0.25) is 0 Å². The van der Waals surface area contributed by atoms with Crippen molar-refractivity contribution >= 4 is 0 Å². The summed E-state index contributed by atoms with van der Waals surface area (Å²) in [7, 11) is 0. The van der Waals surface area contributed by atoms with Crippen molar-refractivity contribution < 1.29 is 14.2 Å². The molecule has 3 aromatic rings. The number of hydrogen-bond acceptors (Lipinski definition) is 4. The molecule has 0 aliphatic carbocycles. The van der Waals surface area contributed by atoms with E-state index in [0.29, 0.717) is 6.61 Å². The van der Waals surface area contributed by atoms with E-state index in [1.54, 1.807) is 12.4 Å². The minimum Gasteiger partial charge on any atom is -0.492 e. The van der Waals surface area contributed by atoms with E-state index in [1.807, 2.05) is 72.8 Å². The molecule has 0 N–H and O–H groups in total. The van der Waals surface area contributed by atoms with Gasteiger partial charge in [0.25, 0.3) is 0 Å². The van der Waals surface area contributed by atoms with Crippen molar-refractivity contribution in [3.63, 3.8) is 0 Å². The van der Waals surface area contributed by atoms with Gasteiger partial charge in [0.1, 0.15) is 17.2 Å². The van der Waals surface area contributed by atoms with Crippen molar-refractivity contribution in [2.75, 3.05) is 6.61 Å². The van der Waals surface area contributed by atoms with Crippen molar-refractivity contribution in [1.82, 2.24) is 4.98 Å². The minimum absolute atomic E-state index is 0.0733. The van der Waals surface area contributed by atoms with Crippen LogP contribution in [0.1, 0.15) is 33.1 Å². The van der Waals surface area contributed by atoms with Crippen molar-refractivity contribution in [2.45, 2.75) is 45.3 Å². The lowest BCUT2D eigenvalue weighted by Gasteiger charge is -2.26. The van der Waals surface area contributed by atoms with Gasteiger partial charge in [0.15, 0.2) is 0 Å². The van der Waals surface area contributed by atoms with E-state index < -0.39 is 0 Å². The summed E-state index contributed by atoms with van der Waals surface area (Å²) < 4.78 is 18.4. The molecule has 1 aromatic heterocycles. The Morgan fingerprint density at radius 3 is 2.00 bits per heavy atom. The minimum atomic E-state index is 0.0733. The zero-order valence-corrected chi connectivity index (χ0v) is 17.8. The Labute approximate surface area is 179 Å². The lowest BCUT2D eigenvalue weighted by Crippen LogP contribution is -2.27. The third kappa shape index (κ3) is 7.43. The highest BCUT2D eigenvalue weighted by Gasteiger charge is 2.21. The lowest BCUT2D eigenvalue weighted by atomic mass is 9.95. The number of rotatable bonds is 12. The Morgan fingerprint density at radius 1 is 0.767 bits per heavy atom. The molecule has 3 rings (SSSR count). The molecule has 0 aliphatic heterocycles. The number of aromatic nitrogens is 1. The van der Waals surface area contributed by atoms with Gasteiger partial charge in [-0.25, -0.2) is 0 Å². The first-order valence-electron chi connectivity index (χ1n) is 10.7. The SMILES string of the molecule is CCC(CC(COc1cccnc1)CC(C)Oc1ccccc1)Oc1ccccc1. The average Bonchev–Trinajstić information content (AvgIpc) is 2.79. The molecule has 0 aliphatic rings. The molecule has 0 bridgehead atoms. The van der Waals surface area contributed by atoms with Crippen LogP contribution in [0.5, 0.6) is 17.2 Å². The molecule has 0 fully saturated rings. The summed E-state index contributed by atoms with van der Waals surface area (Å²) >= 11 is 0. The van der Waals surface area contributed by atoms with Gasteiger partial charge in [-0.1, -0.05) is 43.3 Å². The first kappa shape index (κ1) is 21.7. The van der Waals surface area contributed by atoms with Gasteiger partial charge in [0.05, 0.1) is 25.0 Å². The van der Waals surface area contributed by atoms with Gasteiger partial charge in [-0.15, -0.1) is 0 Å². The molecule has 4 heteroatoms. The van der Waals surface area contributed by atoms with E-state index in [2.05, 4.69) is 18.8 Å². The van der Waals surface area contributed by atoms with Gasteiger partial charge in [-0.2, -0.15) is 0 Å². The average molecular weight is 406 g/mol. The highest BCUT2D eigenvalue weighted by Crippen LogP contribution is 2.24. The quantitative estimate of drug-likeness (QED) is 0.361. The number of benzene rings is 2. The Balaban J connectivity index is 1.62. The van der Waals surface area contributed by atoms with Crippen molar-refractivity contribution in [3.8, 4) is 17.2 Å². The summed E-state index contributed by atoms with van der Waals surface area (Å²) in [6.45, 7) is 4.88. The van der Waals surface area contributed by atoms with Crippen LogP contribution >= 0.6 is 0 Å². The third-order valence-electron chi connectivity index (χ3n) is 4.96. The maximum absolute atomic E-state index is 6.24. The van der Waals surface area contributed by atoms with Crippen LogP contribution in [-0.4, -0.2) is 23.8 Å². The smallest absolute Gasteiger partial charge is 0.137 e. The van der Waals surface area contributed by atoms with E-state index in [-0.39, 0.29) is 18.1 Å². The second kappa shape index (κ2) is 11.9. The number of hydrogen-bond donors (Lipinski definition) is 0. The van der Waals surface area contributed by atoms with E-state index in [0.717, 1.165) is 36.5 Å². The summed E-state index contributed by atoms with van der Waals surface area (Å²) in [5.74, 6) is 2.88. The number of pyridine rings is 1. The standard InChI is InChI=1S/C26H31NO3/c1-3-23(30-25-13-8-5-9-14-25)18-22(20-28-26-15-10-16-27-19-26)17-21(2)29-24-11-6-4-7-12-24/h4-16,19,21-23H,3,17-18,20H2,1-2H3. The summed E-state index contributed by atoms with van der Waals surface area (Å²) in [5, 5.41) is 0. The van der Waals surface area contributed by atoms with E-state index in [1.165, 1.54) is 0 Å². The molecule has 0 spiro atoms. The van der Waals surface area contributed by atoms with Gasteiger partial charge < -0.3 is 14.2 Å². The van der Waals surface area contributed by atoms with Gasteiger partial charge in [-0.3, -0.25) is 4.98 Å². The normalized spacial score (nSPS) is 13.8. The highest BCUT2D eigenvalue weighted by molar-refractivity contribution is 5.22. The summed E-state index contributed by atoms with van der Waals surface area (Å²) in [5.41, 5.74) is 0. The fraction of sp³-hybridized carbons (Fsp3) is 0.346. The maximum atomic E-state index is 6.24. The topological polar surface area (TPSA) is 40.6 Å². The van der Waals surface area contributed by atoms with Gasteiger partial charge in [0.2, 0.25) is 0 Å². The first-order valence-corrected chi connectivity index (χ1v) is 10.7. The molecule has 0 saturated heterocycles. The Hall–Kier alpha value is -3.01. The molecule has 3 atom stereocenters. The fourth-order valence-corrected chi connectivity index (χ4v) is 3.49. The lowest BCUT2D eigenvalue weighted by molar-refractivity contribution is 0.105. The van der Waals surface area contributed by atoms with Crippen LogP contribution in [-0.2, 0) is 0 Å². The van der Waals surface area contributed by atoms with Crippen LogP contribution in [0.4, 0.5) is 0 Å². The van der Waals surface area contributed by atoms with Gasteiger partial charge in [-0.05, 0) is 68.5 Å². The number of nitrogens with zero attached hydrogens (tertiary/aromatic N) is 1. The number of ether oxygens (including phenoxy) is 3. The molecule has 30 heavy (non-hydrogen) atoms. The Morgan fingerprint density at radius 2 is 1.40 bits per heavy atom. The second-order valence-corrected chi connectivity index (χ2v) is 7.54. The Kier molecular flexibility index (Phi) is 8.58. The van der Waals surface area contributed by atoms with Crippen LogP contribution < -0.4 is 14.2 Å². The van der Waals surface area contributed by atoms with Crippen LogP contribution in [0.3, 0.4) is 0 Å². The maximum Gasteiger partial charge on any atom is 0.137 e. The predicted octanol–water partition coefficient (Wildman–Crippen LogP) is 6.18. The molecule has 0 amide bonds. The summed E-state index contributed by atoms with van der Waals surface area (Å²) in [6.07, 6.45) is 6.41. The monoisotopic (exact) mass is 405 g/mol. The molecule has 1 heterocycles. The molecule has 0 radical (unpaired) electrons. The predicted molar refractivity (Wildman–Crippen MR) is 120 cm³/mol. The highest BCUT2D eigenvalue weighted by atomic mass is 16.5. The molecule has 3 unspecified atom stereocenters. The van der Waals surface area contributed by atoms with E-state index in [4.69, 9.17) is 14.2 Å². The van der Waals surface area contributed by atoms with Crippen LogP contribution in [0, 0.1) is 5.92 Å². The van der Waals surface area contributed by atoms with Crippen molar-refractivity contribution in [2.24, 2.45) is 5.92 Å². The van der Waals surface area contributed by atoms with Crippen molar-refractivity contribution in [1.29, 1.82) is 0 Å². The summed E-state index contributed by atoms with van der Waals surface area (Å²) in [6, 6.07) is 23.8. The largest absolute Gasteiger partial charge is 0.492 e. The van der Waals surface area contributed by atoms with Gasteiger partial charge >= 0.3 is 0 Å². The van der Waals surface area contributed by atoms with Gasteiger partial charge in [0, 0.05) is 6.20 Å². The zero-order chi connectivity index (χ0) is 21.0. The van der Waals surface area contributed by atoms with E-state index >= 15 is 0 Å². The van der Waals surface area contributed by atoms with Crippen LogP contribution in [0.15, 0.2) is 85.2 Å². The second-order valence-electron chi connectivity index (χ2n) is 7.54. The molecule has 2 aromatic carbocycles. The summed E-state index contributed by atoms with van der Waals surface area (Å²) in [4.78, 5) is 4.14. The third-order valence-corrected chi connectivity index (χ3v) is 4.96. The molecule has 4 nitrogen and oxygen atoms in total. The molecule has 158 valence electrons. The fourth-order valence-electron chi connectivity index (χ4n) is 3.49. The molecule has 0 saturated carbocycles.